The van der Waals surface area contributed by atoms with Gasteiger partial charge in [-0.25, -0.2) is 0 Å². The van der Waals surface area contributed by atoms with Crippen LogP contribution in [0.5, 0.6) is 0 Å². The maximum absolute atomic E-state index is 11.8. The van der Waals surface area contributed by atoms with E-state index in [0.717, 1.165) is 16.0 Å². The molecule has 6 nitrogen and oxygen atoms in total. The van der Waals surface area contributed by atoms with Crippen LogP contribution in [0.25, 0.3) is 6.08 Å². The predicted octanol–water partition coefficient (Wildman–Crippen LogP) is 2.45. The van der Waals surface area contributed by atoms with Gasteiger partial charge < -0.3 is 5.32 Å². The van der Waals surface area contributed by atoms with Crippen LogP contribution >= 0.6 is 11.8 Å². The molecule has 2 rings (SSSR count). The summed E-state index contributed by atoms with van der Waals surface area (Å²) >= 11 is 1.39. The van der Waals surface area contributed by atoms with E-state index in [2.05, 4.69) is 16.2 Å². The summed E-state index contributed by atoms with van der Waals surface area (Å²) in [4.78, 5) is 36.2. The molecule has 2 aromatic carbocycles. The minimum Gasteiger partial charge on any atom is -0.352 e. The quantitative estimate of drug-likeness (QED) is 0.363. The Morgan fingerprint density at radius 1 is 0.929 bits per heavy atom. The van der Waals surface area contributed by atoms with Crippen LogP contribution in [0, 0.1) is 6.92 Å². The van der Waals surface area contributed by atoms with Crippen LogP contribution in [0.4, 0.5) is 0 Å². The lowest BCUT2D eigenvalue weighted by Crippen LogP contribution is -2.43. The number of amides is 3. The molecule has 0 bridgehead atoms. The van der Waals surface area contributed by atoms with Gasteiger partial charge in [0.2, 0.25) is 17.7 Å². The number of hydrazine groups is 1. The Labute approximate surface area is 168 Å². The zero-order chi connectivity index (χ0) is 20.2. The molecule has 0 saturated carbocycles. The van der Waals surface area contributed by atoms with Gasteiger partial charge in [0.25, 0.3) is 0 Å². The molecule has 0 aliphatic heterocycles. The molecule has 0 fully saturated rings. The number of hydrogen-bond acceptors (Lipinski definition) is 4. The first-order valence-electron chi connectivity index (χ1n) is 8.81. The number of benzene rings is 2. The number of hydrogen-bond donors (Lipinski definition) is 3. The summed E-state index contributed by atoms with van der Waals surface area (Å²) in [6, 6.07) is 17.3. The fourth-order valence-electron chi connectivity index (χ4n) is 2.12. The van der Waals surface area contributed by atoms with Crippen molar-refractivity contribution in [1.82, 2.24) is 16.2 Å². The van der Waals surface area contributed by atoms with E-state index in [1.807, 2.05) is 61.5 Å². The van der Waals surface area contributed by atoms with Crippen LogP contribution in [0.15, 0.2) is 65.6 Å². The molecule has 0 radical (unpaired) electrons. The van der Waals surface area contributed by atoms with E-state index in [1.54, 1.807) is 6.08 Å². The highest BCUT2D eigenvalue weighted by atomic mass is 32.2. The van der Waals surface area contributed by atoms with E-state index in [4.69, 9.17) is 0 Å². The molecule has 0 spiro atoms. The van der Waals surface area contributed by atoms with Gasteiger partial charge in [-0.3, -0.25) is 25.2 Å². The first-order valence-corrected chi connectivity index (χ1v) is 9.79. The van der Waals surface area contributed by atoms with E-state index in [1.165, 1.54) is 17.8 Å². The molecule has 146 valence electrons. The van der Waals surface area contributed by atoms with Crippen molar-refractivity contribution in [3.8, 4) is 0 Å². The molecule has 0 aliphatic rings. The fraction of sp³-hybridized carbons (Fsp3) is 0.190. The maximum atomic E-state index is 11.8. The third kappa shape index (κ3) is 8.55. The summed E-state index contributed by atoms with van der Waals surface area (Å²) in [6.45, 7) is 2.18. The lowest BCUT2D eigenvalue weighted by atomic mass is 10.2. The van der Waals surface area contributed by atoms with Crippen molar-refractivity contribution in [3.05, 3.63) is 71.8 Å². The normalized spacial score (nSPS) is 10.5. The average Bonchev–Trinajstić information content (AvgIpc) is 2.71. The van der Waals surface area contributed by atoms with E-state index >= 15 is 0 Å². The van der Waals surface area contributed by atoms with Crippen molar-refractivity contribution in [2.24, 2.45) is 0 Å². The van der Waals surface area contributed by atoms with E-state index < -0.39 is 0 Å². The van der Waals surface area contributed by atoms with Gasteiger partial charge in [0.1, 0.15) is 0 Å². The molecule has 0 unspecified atom stereocenters. The first-order chi connectivity index (χ1) is 13.5. The lowest BCUT2D eigenvalue weighted by Gasteiger charge is -2.07. The Morgan fingerprint density at radius 2 is 1.61 bits per heavy atom. The highest BCUT2D eigenvalue weighted by Gasteiger charge is 2.06. The fourth-order valence-corrected chi connectivity index (χ4v) is 2.81. The van der Waals surface area contributed by atoms with Crippen molar-refractivity contribution in [2.45, 2.75) is 18.2 Å². The summed E-state index contributed by atoms with van der Waals surface area (Å²) in [5.74, 6) is -0.755. The number of carbonyl (C=O) groups is 3. The standard InChI is InChI=1S/C21H23N3O3S/c1-16-7-10-18(11-8-16)28-15-21(27)24-23-20(26)13-14-22-19(25)12-9-17-5-3-2-4-6-17/h2-12H,13-15H2,1H3,(H,22,25)(H,23,26)(H,24,27)/b12-9+. The van der Waals surface area contributed by atoms with Gasteiger partial charge in [-0.15, -0.1) is 11.8 Å². The SMILES string of the molecule is Cc1ccc(SCC(=O)NNC(=O)CCNC(=O)/C=C/c2ccccc2)cc1. The van der Waals surface area contributed by atoms with Crippen molar-refractivity contribution >= 4 is 35.6 Å². The van der Waals surface area contributed by atoms with Gasteiger partial charge in [-0.2, -0.15) is 0 Å². The van der Waals surface area contributed by atoms with Crippen molar-refractivity contribution < 1.29 is 14.4 Å². The first kappa shape index (κ1) is 21.2. The van der Waals surface area contributed by atoms with Crippen molar-refractivity contribution in [2.75, 3.05) is 12.3 Å². The van der Waals surface area contributed by atoms with Gasteiger partial charge in [-0.05, 0) is 30.7 Å². The van der Waals surface area contributed by atoms with Gasteiger partial charge in [0.05, 0.1) is 5.75 Å². The molecule has 3 N–H and O–H groups in total. The van der Waals surface area contributed by atoms with Crippen LogP contribution in [-0.4, -0.2) is 30.0 Å². The Kier molecular flexibility index (Phi) is 8.81. The minimum atomic E-state index is -0.374. The van der Waals surface area contributed by atoms with Crippen LogP contribution in [-0.2, 0) is 14.4 Å². The van der Waals surface area contributed by atoms with Crippen LogP contribution in [0.3, 0.4) is 0 Å². The summed E-state index contributed by atoms with van der Waals surface area (Å²) in [6.07, 6.45) is 3.18. The van der Waals surface area contributed by atoms with E-state index in [0.29, 0.717) is 0 Å². The summed E-state index contributed by atoms with van der Waals surface area (Å²) in [5.41, 5.74) is 6.78. The maximum Gasteiger partial charge on any atom is 0.248 e. The Hall–Kier alpha value is -3.06. The van der Waals surface area contributed by atoms with Crippen molar-refractivity contribution in [3.63, 3.8) is 0 Å². The zero-order valence-electron chi connectivity index (χ0n) is 15.6. The Balaban J connectivity index is 1.57. The van der Waals surface area contributed by atoms with Gasteiger partial charge >= 0.3 is 0 Å². The Morgan fingerprint density at radius 3 is 2.32 bits per heavy atom. The lowest BCUT2D eigenvalue weighted by molar-refractivity contribution is -0.127. The topological polar surface area (TPSA) is 87.3 Å². The second kappa shape index (κ2) is 11.6. The largest absolute Gasteiger partial charge is 0.352 e. The summed E-state index contributed by atoms with van der Waals surface area (Å²) in [7, 11) is 0. The molecule has 0 atom stereocenters. The van der Waals surface area contributed by atoms with E-state index in [-0.39, 0.29) is 36.4 Å². The number of nitrogens with one attached hydrogen (secondary N) is 3. The number of rotatable bonds is 8. The molecule has 2 aromatic rings. The van der Waals surface area contributed by atoms with Crippen molar-refractivity contribution in [1.29, 1.82) is 0 Å². The average molecular weight is 398 g/mol. The van der Waals surface area contributed by atoms with Crippen LogP contribution < -0.4 is 16.2 Å². The van der Waals surface area contributed by atoms with Gasteiger partial charge in [-0.1, -0.05) is 48.0 Å². The predicted molar refractivity (Wildman–Crippen MR) is 111 cm³/mol. The monoisotopic (exact) mass is 397 g/mol. The molecule has 0 saturated heterocycles. The molecule has 3 amide bonds. The highest BCUT2D eigenvalue weighted by Crippen LogP contribution is 2.17. The molecular formula is C21H23N3O3S. The van der Waals surface area contributed by atoms with Crippen LogP contribution in [0.2, 0.25) is 0 Å². The molecular weight excluding hydrogens is 374 g/mol. The zero-order valence-corrected chi connectivity index (χ0v) is 16.4. The molecule has 0 heterocycles. The summed E-state index contributed by atoms with van der Waals surface area (Å²) in [5, 5.41) is 2.62. The number of carbonyl (C=O) groups excluding carboxylic acids is 3. The summed E-state index contributed by atoms with van der Waals surface area (Å²) < 4.78 is 0. The number of thioether (sulfide) groups is 1. The smallest absolute Gasteiger partial charge is 0.248 e. The van der Waals surface area contributed by atoms with Gasteiger partial charge in [0, 0.05) is 23.9 Å². The minimum absolute atomic E-state index is 0.0658. The number of aryl methyl sites for hydroxylation is 1. The second-order valence-corrected chi connectivity index (χ2v) is 7.03. The Bertz CT molecular complexity index is 821. The molecule has 28 heavy (non-hydrogen) atoms. The van der Waals surface area contributed by atoms with Crippen LogP contribution in [0.1, 0.15) is 17.5 Å². The third-order valence-corrected chi connectivity index (χ3v) is 4.62. The third-order valence-electron chi connectivity index (χ3n) is 3.61. The highest BCUT2D eigenvalue weighted by molar-refractivity contribution is 8.00. The molecule has 7 heteroatoms. The molecule has 0 aromatic heterocycles. The van der Waals surface area contributed by atoms with Gasteiger partial charge in [0.15, 0.2) is 0 Å². The second-order valence-electron chi connectivity index (χ2n) is 5.98. The molecule has 0 aliphatic carbocycles. The van der Waals surface area contributed by atoms with E-state index in [9.17, 15) is 14.4 Å².